The van der Waals surface area contributed by atoms with Gasteiger partial charge in [-0.05, 0) is 23.8 Å². The Morgan fingerprint density at radius 3 is 2.62 bits per heavy atom. The zero-order valence-electron chi connectivity index (χ0n) is 14.3. The second-order valence-electron chi connectivity index (χ2n) is 5.95. The van der Waals surface area contributed by atoms with Crippen molar-refractivity contribution in [3.8, 4) is 0 Å². The number of rotatable bonds is 6. The lowest BCUT2D eigenvalue weighted by molar-refractivity contribution is -0.145. The lowest BCUT2D eigenvalue weighted by atomic mass is 10.1. The van der Waals surface area contributed by atoms with E-state index in [4.69, 9.17) is 16.3 Å². The van der Waals surface area contributed by atoms with Gasteiger partial charge in [0.1, 0.15) is 12.6 Å². The van der Waals surface area contributed by atoms with Gasteiger partial charge in [0.25, 0.3) is 0 Å². The van der Waals surface area contributed by atoms with Crippen LogP contribution in [0.2, 0.25) is 5.02 Å². The van der Waals surface area contributed by atoms with E-state index >= 15 is 0 Å². The molecule has 1 amide bonds. The molecule has 0 saturated carbocycles. The molecule has 0 aliphatic carbocycles. The molecule has 1 atom stereocenters. The molecule has 5 nitrogen and oxygen atoms in total. The van der Waals surface area contributed by atoms with Crippen LogP contribution in [0.3, 0.4) is 0 Å². The first-order valence-electron chi connectivity index (χ1n) is 8.23. The number of carbonyl (C=O) groups is 2. The van der Waals surface area contributed by atoms with Gasteiger partial charge in [-0.15, -0.1) is 0 Å². The zero-order valence-corrected chi connectivity index (χ0v) is 15.1. The first kappa shape index (κ1) is 18.0. The van der Waals surface area contributed by atoms with Gasteiger partial charge in [0.15, 0.2) is 0 Å². The van der Waals surface area contributed by atoms with Gasteiger partial charge < -0.3 is 14.6 Å². The van der Waals surface area contributed by atoms with E-state index in [0.29, 0.717) is 11.4 Å². The van der Waals surface area contributed by atoms with Gasteiger partial charge in [0.2, 0.25) is 5.91 Å². The molecule has 1 heterocycles. The van der Waals surface area contributed by atoms with Gasteiger partial charge in [0, 0.05) is 28.5 Å². The van der Waals surface area contributed by atoms with Gasteiger partial charge in [-0.1, -0.05) is 48.0 Å². The summed E-state index contributed by atoms with van der Waals surface area (Å²) in [7, 11) is 1.31. The molecule has 1 aromatic heterocycles. The Hall–Kier alpha value is -2.79. The Morgan fingerprint density at radius 2 is 1.88 bits per heavy atom. The molecule has 0 aliphatic rings. The molecule has 0 radical (unpaired) electrons. The van der Waals surface area contributed by atoms with Gasteiger partial charge in [-0.25, -0.2) is 4.79 Å². The van der Waals surface area contributed by atoms with E-state index in [1.165, 1.54) is 7.11 Å². The summed E-state index contributed by atoms with van der Waals surface area (Å²) in [6.45, 7) is 0.0894. The third-order valence-electron chi connectivity index (χ3n) is 4.18. The summed E-state index contributed by atoms with van der Waals surface area (Å²) in [5.41, 5.74) is 1.81. The van der Waals surface area contributed by atoms with Gasteiger partial charge in [-0.3, -0.25) is 4.79 Å². The van der Waals surface area contributed by atoms with Crippen LogP contribution in [-0.4, -0.2) is 29.6 Å². The fourth-order valence-corrected chi connectivity index (χ4v) is 3.14. The molecule has 0 bridgehead atoms. The summed E-state index contributed by atoms with van der Waals surface area (Å²) in [4.78, 5) is 24.5. The number of amides is 1. The number of nitrogens with zero attached hydrogens (tertiary/aromatic N) is 1. The molecule has 3 rings (SSSR count). The maximum atomic E-state index is 12.5. The lowest BCUT2D eigenvalue weighted by Crippen LogP contribution is -2.44. The van der Waals surface area contributed by atoms with Crippen molar-refractivity contribution < 1.29 is 14.3 Å². The molecule has 0 aliphatic heterocycles. The first-order valence-corrected chi connectivity index (χ1v) is 8.61. The number of benzene rings is 2. The minimum absolute atomic E-state index is 0.0894. The number of ether oxygens (including phenoxy) is 1. The molecule has 0 spiro atoms. The Kier molecular flexibility index (Phi) is 5.58. The number of fused-ring (bicyclic) bond motifs is 1. The fraction of sp³-hybridized carbons (Fsp3) is 0.200. The van der Waals surface area contributed by atoms with E-state index in [1.54, 1.807) is 16.8 Å². The van der Waals surface area contributed by atoms with Crippen molar-refractivity contribution in [2.45, 2.75) is 19.0 Å². The quantitative estimate of drug-likeness (QED) is 0.678. The standard InChI is InChI=1S/C20H19ClN2O3/c1-26-20(25)17(12-14-6-3-2-4-7-14)22-19(24)13-23-11-10-15-16(21)8-5-9-18(15)23/h2-11,17H,12-13H2,1H3,(H,22,24)/t17-/m1/s1. The van der Waals surface area contributed by atoms with Crippen molar-refractivity contribution in [3.63, 3.8) is 0 Å². The Morgan fingerprint density at radius 1 is 1.12 bits per heavy atom. The topological polar surface area (TPSA) is 60.3 Å². The number of esters is 1. The molecule has 134 valence electrons. The average molecular weight is 371 g/mol. The van der Waals surface area contributed by atoms with Crippen LogP contribution in [0.5, 0.6) is 0 Å². The zero-order chi connectivity index (χ0) is 18.5. The number of hydrogen-bond acceptors (Lipinski definition) is 3. The van der Waals surface area contributed by atoms with Crippen LogP contribution in [0.4, 0.5) is 0 Å². The Balaban J connectivity index is 1.73. The third kappa shape index (κ3) is 4.06. The van der Waals surface area contributed by atoms with Crippen molar-refractivity contribution in [3.05, 3.63) is 71.4 Å². The minimum atomic E-state index is -0.736. The van der Waals surface area contributed by atoms with Crippen molar-refractivity contribution in [2.75, 3.05) is 7.11 Å². The number of aromatic nitrogens is 1. The highest BCUT2D eigenvalue weighted by atomic mass is 35.5. The van der Waals surface area contributed by atoms with E-state index in [0.717, 1.165) is 16.5 Å². The molecule has 0 unspecified atom stereocenters. The van der Waals surface area contributed by atoms with Gasteiger partial charge in [-0.2, -0.15) is 0 Å². The van der Waals surface area contributed by atoms with E-state index in [2.05, 4.69) is 5.32 Å². The van der Waals surface area contributed by atoms with E-state index in [9.17, 15) is 9.59 Å². The summed E-state index contributed by atoms with van der Waals surface area (Å²) in [6, 6.07) is 16.2. The van der Waals surface area contributed by atoms with Crippen molar-refractivity contribution in [1.29, 1.82) is 0 Å². The molecule has 1 N–H and O–H groups in total. The summed E-state index contributed by atoms with van der Waals surface area (Å²) in [5, 5.41) is 4.29. The second kappa shape index (κ2) is 8.06. The van der Waals surface area contributed by atoms with Gasteiger partial charge >= 0.3 is 5.97 Å². The number of methoxy groups -OCH3 is 1. The molecule has 0 saturated heterocycles. The molecular weight excluding hydrogens is 352 g/mol. The predicted octanol–water partition coefficient (Wildman–Crippen LogP) is 3.20. The highest BCUT2D eigenvalue weighted by Crippen LogP contribution is 2.24. The molecule has 26 heavy (non-hydrogen) atoms. The molecule has 2 aromatic carbocycles. The van der Waals surface area contributed by atoms with Crippen LogP contribution >= 0.6 is 11.6 Å². The van der Waals surface area contributed by atoms with Crippen LogP contribution in [0, 0.1) is 0 Å². The van der Waals surface area contributed by atoms with Crippen LogP contribution in [0.15, 0.2) is 60.8 Å². The summed E-state index contributed by atoms with van der Waals surface area (Å²) < 4.78 is 6.63. The molecular formula is C20H19ClN2O3. The highest BCUT2D eigenvalue weighted by molar-refractivity contribution is 6.35. The molecule has 6 heteroatoms. The van der Waals surface area contributed by atoms with Crippen molar-refractivity contribution in [2.24, 2.45) is 0 Å². The van der Waals surface area contributed by atoms with Crippen LogP contribution < -0.4 is 5.32 Å². The number of carbonyl (C=O) groups excluding carboxylic acids is 2. The maximum absolute atomic E-state index is 12.5. The van der Waals surface area contributed by atoms with Crippen molar-refractivity contribution in [1.82, 2.24) is 9.88 Å². The van der Waals surface area contributed by atoms with E-state index < -0.39 is 12.0 Å². The van der Waals surface area contributed by atoms with Crippen molar-refractivity contribution >= 4 is 34.4 Å². The third-order valence-corrected chi connectivity index (χ3v) is 4.51. The fourth-order valence-electron chi connectivity index (χ4n) is 2.90. The highest BCUT2D eigenvalue weighted by Gasteiger charge is 2.22. The Labute approximate surface area is 156 Å². The SMILES string of the molecule is COC(=O)[C@@H](Cc1ccccc1)NC(=O)Cn1ccc2c(Cl)cccc21. The first-order chi connectivity index (χ1) is 12.6. The van der Waals surface area contributed by atoms with E-state index in [-0.39, 0.29) is 12.5 Å². The lowest BCUT2D eigenvalue weighted by Gasteiger charge is -2.17. The second-order valence-corrected chi connectivity index (χ2v) is 6.36. The maximum Gasteiger partial charge on any atom is 0.328 e. The number of nitrogens with one attached hydrogen (secondary N) is 1. The molecule has 3 aromatic rings. The normalized spacial score (nSPS) is 11.9. The van der Waals surface area contributed by atoms with Crippen LogP contribution in [0.25, 0.3) is 10.9 Å². The predicted molar refractivity (Wildman–Crippen MR) is 101 cm³/mol. The van der Waals surface area contributed by atoms with E-state index in [1.807, 2.05) is 48.5 Å². The summed E-state index contributed by atoms with van der Waals surface area (Å²) in [6.07, 6.45) is 2.18. The smallest absolute Gasteiger partial charge is 0.328 e. The summed E-state index contributed by atoms with van der Waals surface area (Å²) >= 11 is 6.17. The number of halogens is 1. The minimum Gasteiger partial charge on any atom is -0.467 e. The largest absolute Gasteiger partial charge is 0.467 e. The number of hydrogen-bond donors (Lipinski definition) is 1. The van der Waals surface area contributed by atoms with Gasteiger partial charge in [0.05, 0.1) is 7.11 Å². The van der Waals surface area contributed by atoms with Crippen LogP contribution in [0.1, 0.15) is 5.56 Å². The summed E-state index contributed by atoms with van der Waals surface area (Å²) in [5.74, 6) is -0.739. The molecule has 0 fully saturated rings. The Bertz CT molecular complexity index is 921. The average Bonchev–Trinajstić information content (AvgIpc) is 3.05. The van der Waals surface area contributed by atoms with Crippen LogP contribution in [-0.2, 0) is 27.3 Å². The monoisotopic (exact) mass is 370 g/mol.